The van der Waals surface area contributed by atoms with Crippen LogP contribution < -0.4 is 15.0 Å². The van der Waals surface area contributed by atoms with Crippen LogP contribution in [0.2, 0.25) is 0 Å². The molecule has 32 heavy (non-hydrogen) atoms. The summed E-state index contributed by atoms with van der Waals surface area (Å²) in [4.78, 5) is 2.79. The Morgan fingerprint density at radius 3 is 2.47 bits per heavy atom. The number of benzene rings is 1. The third-order valence-corrected chi connectivity index (χ3v) is 8.26. The van der Waals surface area contributed by atoms with Crippen molar-refractivity contribution in [3.63, 3.8) is 0 Å². The van der Waals surface area contributed by atoms with Crippen LogP contribution in [0.4, 0.5) is 11.4 Å². The average molecular weight is 443 g/mol. The Bertz CT molecular complexity index is 818. The van der Waals surface area contributed by atoms with Gasteiger partial charge in [0.05, 0.1) is 24.1 Å². The van der Waals surface area contributed by atoms with E-state index in [4.69, 9.17) is 9.47 Å². The van der Waals surface area contributed by atoms with E-state index in [1.807, 2.05) is 0 Å². The van der Waals surface area contributed by atoms with Gasteiger partial charge in [-0.3, -0.25) is 0 Å². The maximum Gasteiger partial charge on any atom is 0.121 e. The van der Waals surface area contributed by atoms with Gasteiger partial charge in [-0.05, 0) is 103 Å². The summed E-state index contributed by atoms with van der Waals surface area (Å²) in [5.74, 6) is 2.91. The highest BCUT2D eigenvalue weighted by atomic mass is 16.5. The minimum absolute atomic E-state index is 0.0908. The molecule has 4 heteroatoms. The van der Waals surface area contributed by atoms with Gasteiger partial charge in [-0.15, -0.1) is 0 Å². The highest BCUT2D eigenvalue weighted by Crippen LogP contribution is 2.53. The van der Waals surface area contributed by atoms with Crippen molar-refractivity contribution in [2.45, 2.75) is 117 Å². The van der Waals surface area contributed by atoms with Crippen LogP contribution in [-0.2, 0) is 4.74 Å². The van der Waals surface area contributed by atoms with Crippen LogP contribution in [0.5, 0.6) is 5.75 Å². The lowest BCUT2D eigenvalue weighted by molar-refractivity contribution is -0.0120. The van der Waals surface area contributed by atoms with Gasteiger partial charge in [0.2, 0.25) is 0 Å². The number of fused-ring (bicyclic) bond motifs is 2. The van der Waals surface area contributed by atoms with E-state index in [2.05, 4.69) is 77.7 Å². The van der Waals surface area contributed by atoms with E-state index >= 15 is 0 Å². The molecule has 180 valence electrons. The first-order valence-corrected chi connectivity index (χ1v) is 13.1. The van der Waals surface area contributed by atoms with Gasteiger partial charge in [0, 0.05) is 29.8 Å². The zero-order valence-corrected chi connectivity index (χ0v) is 21.8. The van der Waals surface area contributed by atoms with Gasteiger partial charge in [-0.1, -0.05) is 13.8 Å². The Hall–Kier alpha value is -1.42. The Balaban J connectivity index is 1.81. The number of hydrogen-bond donors (Lipinski definition) is 1. The number of anilines is 2. The molecule has 1 saturated heterocycles. The Labute approximate surface area is 196 Å². The SMILES string of the molecule is CCOc1cc2c(c(N3C4CCC(OCC)CC4C(C)CC3(C)C)c1)NC(C)(C)CC2C. The van der Waals surface area contributed by atoms with Crippen LogP contribution in [0.3, 0.4) is 0 Å². The Morgan fingerprint density at radius 2 is 1.78 bits per heavy atom. The van der Waals surface area contributed by atoms with E-state index in [0.717, 1.165) is 25.2 Å². The van der Waals surface area contributed by atoms with Crippen molar-refractivity contribution < 1.29 is 9.47 Å². The summed E-state index contributed by atoms with van der Waals surface area (Å²) in [7, 11) is 0. The van der Waals surface area contributed by atoms with Crippen molar-refractivity contribution in [2.24, 2.45) is 11.8 Å². The van der Waals surface area contributed by atoms with Crippen LogP contribution in [0.15, 0.2) is 12.1 Å². The lowest BCUT2D eigenvalue weighted by Crippen LogP contribution is -2.61. The molecule has 1 saturated carbocycles. The minimum atomic E-state index is 0.0908. The maximum absolute atomic E-state index is 6.11. The quantitative estimate of drug-likeness (QED) is 0.533. The normalized spacial score (nSPS) is 33.1. The molecule has 1 N–H and O–H groups in total. The molecular formula is C28H46N2O2. The molecule has 0 radical (unpaired) electrons. The lowest BCUT2D eigenvalue weighted by Gasteiger charge is -2.58. The van der Waals surface area contributed by atoms with E-state index in [9.17, 15) is 0 Å². The Kier molecular flexibility index (Phi) is 6.48. The van der Waals surface area contributed by atoms with Crippen molar-refractivity contribution >= 4 is 11.4 Å². The molecule has 3 aliphatic rings. The van der Waals surface area contributed by atoms with E-state index in [1.165, 1.54) is 36.2 Å². The topological polar surface area (TPSA) is 33.7 Å². The zero-order valence-electron chi connectivity index (χ0n) is 21.8. The summed E-state index contributed by atoms with van der Waals surface area (Å²) in [5, 5.41) is 3.95. The first kappa shape index (κ1) is 23.7. The van der Waals surface area contributed by atoms with Crippen molar-refractivity contribution in [3.8, 4) is 5.75 Å². The second-order valence-corrected chi connectivity index (χ2v) is 11.9. The second-order valence-electron chi connectivity index (χ2n) is 11.9. The zero-order chi connectivity index (χ0) is 23.3. The summed E-state index contributed by atoms with van der Waals surface area (Å²) in [5.41, 5.74) is 4.30. The van der Waals surface area contributed by atoms with Gasteiger partial charge in [-0.2, -0.15) is 0 Å². The predicted octanol–water partition coefficient (Wildman–Crippen LogP) is 6.98. The molecule has 5 unspecified atom stereocenters. The molecule has 0 bridgehead atoms. The fourth-order valence-corrected chi connectivity index (χ4v) is 7.31. The molecule has 4 rings (SSSR count). The molecular weight excluding hydrogens is 396 g/mol. The fourth-order valence-electron chi connectivity index (χ4n) is 7.31. The third kappa shape index (κ3) is 4.36. The molecule has 4 nitrogen and oxygen atoms in total. The molecule has 0 aromatic heterocycles. The standard InChI is InChI=1S/C28H46N2O2/c1-9-31-20-11-12-24-22(13-20)19(4)17-28(7,8)30(24)25-15-21(32-10-2)14-23-18(3)16-27(5,6)29-26(23)25/h14-15,18-20,22,24,29H,9-13,16-17H2,1-8H3. The molecule has 2 fully saturated rings. The highest BCUT2D eigenvalue weighted by Gasteiger charge is 2.49. The minimum Gasteiger partial charge on any atom is -0.494 e. The molecule has 1 aromatic carbocycles. The highest BCUT2D eigenvalue weighted by molar-refractivity contribution is 5.79. The van der Waals surface area contributed by atoms with Crippen LogP contribution >= 0.6 is 0 Å². The summed E-state index contributed by atoms with van der Waals surface area (Å²) >= 11 is 0. The summed E-state index contributed by atoms with van der Waals surface area (Å²) < 4.78 is 12.2. The summed E-state index contributed by atoms with van der Waals surface area (Å²) in [6, 6.07) is 5.17. The Morgan fingerprint density at radius 1 is 1.03 bits per heavy atom. The molecule has 0 spiro atoms. The van der Waals surface area contributed by atoms with E-state index in [1.54, 1.807) is 0 Å². The van der Waals surface area contributed by atoms with E-state index < -0.39 is 0 Å². The molecule has 5 atom stereocenters. The number of hydrogen-bond acceptors (Lipinski definition) is 4. The molecule has 1 aliphatic carbocycles. The van der Waals surface area contributed by atoms with Crippen LogP contribution in [0.25, 0.3) is 0 Å². The van der Waals surface area contributed by atoms with Crippen molar-refractivity contribution in [1.82, 2.24) is 0 Å². The van der Waals surface area contributed by atoms with Crippen LogP contribution in [-0.4, -0.2) is 36.4 Å². The van der Waals surface area contributed by atoms with Crippen LogP contribution in [0.1, 0.15) is 99.0 Å². The average Bonchev–Trinajstić information content (AvgIpc) is 2.68. The molecule has 2 heterocycles. The smallest absolute Gasteiger partial charge is 0.121 e. The monoisotopic (exact) mass is 442 g/mol. The summed E-state index contributed by atoms with van der Waals surface area (Å²) in [6.45, 7) is 20.2. The van der Waals surface area contributed by atoms with Crippen molar-refractivity contribution in [1.29, 1.82) is 0 Å². The van der Waals surface area contributed by atoms with Gasteiger partial charge in [-0.25, -0.2) is 0 Å². The van der Waals surface area contributed by atoms with E-state index in [-0.39, 0.29) is 11.1 Å². The third-order valence-electron chi connectivity index (χ3n) is 8.26. The second kappa shape index (κ2) is 8.74. The molecule has 2 aliphatic heterocycles. The number of rotatable bonds is 5. The van der Waals surface area contributed by atoms with Crippen molar-refractivity contribution in [2.75, 3.05) is 23.4 Å². The summed E-state index contributed by atoms with van der Waals surface area (Å²) in [6.07, 6.45) is 6.33. The van der Waals surface area contributed by atoms with Crippen molar-refractivity contribution in [3.05, 3.63) is 17.7 Å². The number of piperidine rings is 1. The van der Waals surface area contributed by atoms with Gasteiger partial charge >= 0.3 is 0 Å². The molecule has 0 amide bonds. The first-order chi connectivity index (χ1) is 15.1. The fraction of sp³-hybridized carbons (Fsp3) is 0.786. The van der Waals surface area contributed by atoms with Gasteiger partial charge in [0.1, 0.15) is 5.75 Å². The maximum atomic E-state index is 6.11. The predicted molar refractivity (Wildman–Crippen MR) is 135 cm³/mol. The number of ether oxygens (including phenoxy) is 2. The number of nitrogens with one attached hydrogen (secondary N) is 1. The van der Waals surface area contributed by atoms with E-state index in [0.29, 0.717) is 36.5 Å². The number of nitrogens with zero attached hydrogens (tertiary/aromatic N) is 1. The van der Waals surface area contributed by atoms with Gasteiger partial charge < -0.3 is 19.7 Å². The van der Waals surface area contributed by atoms with Crippen LogP contribution in [0, 0.1) is 11.8 Å². The largest absolute Gasteiger partial charge is 0.494 e. The lowest BCUT2D eigenvalue weighted by atomic mass is 9.66. The van der Waals surface area contributed by atoms with Gasteiger partial charge in [0.25, 0.3) is 0 Å². The first-order valence-electron chi connectivity index (χ1n) is 13.1. The van der Waals surface area contributed by atoms with Gasteiger partial charge in [0.15, 0.2) is 0 Å². The molecule has 1 aromatic rings.